The quantitative estimate of drug-likeness (QED) is 0.608. The van der Waals surface area contributed by atoms with Crippen molar-refractivity contribution >= 4 is 29.1 Å². The second-order valence-electron chi connectivity index (χ2n) is 8.44. The van der Waals surface area contributed by atoms with Crippen LogP contribution >= 0.6 is 11.8 Å². The summed E-state index contributed by atoms with van der Waals surface area (Å²) in [4.78, 5) is 28.4. The maximum Gasteiger partial charge on any atom is 0.221 e. The molecule has 1 aromatic carbocycles. The third kappa shape index (κ3) is 2.92. The Hall–Kier alpha value is -2.28. The van der Waals surface area contributed by atoms with E-state index in [2.05, 4.69) is 36.3 Å². The molecule has 2 aliphatic rings. The molecule has 1 heterocycles. The summed E-state index contributed by atoms with van der Waals surface area (Å²) in [5, 5.41) is 12.0. The Labute approximate surface area is 168 Å². The number of carbonyl (C=O) groups is 2. The van der Waals surface area contributed by atoms with Crippen LogP contribution in [0.1, 0.15) is 68.2 Å². The molecular weight excluding hydrogens is 372 g/mol. The maximum atomic E-state index is 12.5. The van der Waals surface area contributed by atoms with Crippen LogP contribution in [-0.2, 0) is 10.2 Å². The molecule has 1 N–H and O–H groups in total. The summed E-state index contributed by atoms with van der Waals surface area (Å²) < 4.78 is 0. The fourth-order valence-corrected chi connectivity index (χ4v) is 5.26. The van der Waals surface area contributed by atoms with Gasteiger partial charge in [-0.15, -0.1) is 5.10 Å². The van der Waals surface area contributed by atoms with Crippen molar-refractivity contribution in [2.75, 3.05) is 11.1 Å². The Morgan fingerprint density at radius 2 is 1.89 bits per heavy atom. The number of hydrogen-bond acceptors (Lipinski definition) is 6. The molecule has 6 nitrogen and oxygen atoms in total. The SMILES string of the molecule is CC(=O)Nc1ccc(C(=O)CSc2nnc3c(n2)[C@]2(C)CC[C@@H]3C2(C)C)cc1. The standard InChI is InChI=1S/C21H24N4O2S/c1-12(26)22-14-7-5-13(6-8-14)16(27)11-28-19-23-18-17(24-25-19)15-9-10-21(18,4)20(15,2)3/h5-8,15H,9-11H2,1-4H3,(H,22,26)/t15-,21-/m0/s1. The molecular formula is C21H24N4O2S. The van der Waals surface area contributed by atoms with E-state index in [1.54, 1.807) is 24.3 Å². The van der Waals surface area contributed by atoms with Crippen molar-refractivity contribution in [2.45, 2.75) is 57.0 Å². The number of amides is 1. The summed E-state index contributed by atoms with van der Waals surface area (Å²) in [6.45, 7) is 8.33. The monoisotopic (exact) mass is 396 g/mol. The molecule has 1 amide bonds. The average molecular weight is 397 g/mol. The molecule has 2 bridgehead atoms. The van der Waals surface area contributed by atoms with Gasteiger partial charge >= 0.3 is 0 Å². The van der Waals surface area contributed by atoms with Gasteiger partial charge in [-0.05, 0) is 42.5 Å². The molecule has 2 aliphatic carbocycles. The molecule has 2 aromatic rings. The number of anilines is 1. The van der Waals surface area contributed by atoms with Crippen LogP contribution in [0.2, 0.25) is 0 Å². The molecule has 4 rings (SSSR count). The minimum absolute atomic E-state index is 0.00321. The lowest BCUT2D eigenvalue weighted by atomic mass is 9.70. The Kier molecular flexibility index (Phi) is 4.53. The van der Waals surface area contributed by atoms with Crippen molar-refractivity contribution in [3.63, 3.8) is 0 Å². The van der Waals surface area contributed by atoms with Gasteiger partial charge in [-0.25, -0.2) is 4.98 Å². The Morgan fingerprint density at radius 3 is 2.57 bits per heavy atom. The zero-order valence-electron chi connectivity index (χ0n) is 16.6. The van der Waals surface area contributed by atoms with E-state index < -0.39 is 0 Å². The molecule has 0 aliphatic heterocycles. The Morgan fingerprint density at radius 1 is 1.18 bits per heavy atom. The first kappa shape index (κ1) is 19.1. The lowest BCUT2D eigenvalue weighted by Crippen LogP contribution is -2.32. The molecule has 2 atom stereocenters. The third-order valence-corrected chi connectivity index (χ3v) is 7.47. The van der Waals surface area contributed by atoms with Gasteiger partial charge < -0.3 is 5.32 Å². The van der Waals surface area contributed by atoms with E-state index in [1.165, 1.54) is 18.7 Å². The topological polar surface area (TPSA) is 84.8 Å². The summed E-state index contributed by atoms with van der Waals surface area (Å²) >= 11 is 1.33. The zero-order chi connectivity index (χ0) is 20.1. The van der Waals surface area contributed by atoms with Gasteiger partial charge in [0, 0.05) is 29.5 Å². The highest BCUT2D eigenvalue weighted by molar-refractivity contribution is 7.99. The molecule has 7 heteroatoms. The second kappa shape index (κ2) is 6.65. The lowest BCUT2D eigenvalue weighted by molar-refractivity contribution is -0.114. The van der Waals surface area contributed by atoms with Gasteiger partial charge in [0.25, 0.3) is 0 Å². The largest absolute Gasteiger partial charge is 0.326 e. The molecule has 0 unspecified atom stereocenters. The fraction of sp³-hybridized carbons (Fsp3) is 0.476. The van der Waals surface area contributed by atoms with Crippen molar-refractivity contribution in [3.8, 4) is 0 Å². The smallest absolute Gasteiger partial charge is 0.221 e. The number of thioether (sulfide) groups is 1. The van der Waals surface area contributed by atoms with Crippen molar-refractivity contribution < 1.29 is 9.59 Å². The third-order valence-electron chi connectivity index (χ3n) is 6.63. The summed E-state index contributed by atoms with van der Waals surface area (Å²) in [5.41, 5.74) is 3.56. The van der Waals surface area contributed by atoms with Crippen LogP contribution in [0, 0.1) is 5.41 Å². The number of nitrogens with zero attached hydrogens (tertiary/aromatic N) is 3. The van der Waals surface area contributed by atoms with Crippen molar-refractivity contribution in [3.05, 3.63) is 41.2 Å². The predicted molar refractivity (Wildman–Crippen MR) is 109 cm³/mol. The Balaban J connectivity index is 1.45. The van der Waals surface area contributed by atoms with Crippen LogP contribution in [0.25, 0.3) is 0 Å². The first-order chi connectivity index (χ1) is 13.2. The van der Waals surface area contributed by atoms with E-state index in [9.17, 15) is 9.59 Å². The second-order valence-corrected chi connectivity index (χ2v) is 9.39. The number of fused-ring (bicyclic) bond motifs is 5. The highest BCUT2D eigenvalue weighted by Gasteiger charge is 2.61. The normalized spacial score (nSPS) is 24.1. The molecule has 146 valence electrons. The number of rotatable bonds is 5. The summed E-state index contributed by atoms with van der Waals surface area (Å²) in [6, 6.07) is 6.90. The molecule has 1 saturated carbocycles. The van der Waals surface area contributed by atoms with Crippen LogP contribution in [0.5, 0.6) is 0 Å². The van der Waals surface area contributed by atoms with Crippen LogP contribution in [-0.4, -0.2) is 32.6 Å². The van der Waals surface area contributed by atoms with Gasteiger partial charge in [0.1, 0.15) is 0 Å². The van der Waals surface area contributed by atoms with Gasteiger partial charge in [-0.1, -0.05) is 32.5 Å². The molecule has 0 radical (unpaired) electrons. The highest BCUT2D eigenvalue weighted by atomic mass is 32.2. The number of benzene rings is 1. The number of Topliss-reactive ketones (excluding diaryl/α,β-unsaturated/α-hetero) is 1. The van der Waals surface area contributed by atoms with Crippen LogP contribution in [0.4, 0.5) is 5.69 Å². The number of hydrogen-bond donors (Lipinski definition) is 1. The van der Waals surface area contributed by atoms with E-state index >= 15 is 0 Å². The number of nitrogens with one attached hydrogen (secondary N) is 1. The van der Waals surface area contributed by atoms with E-state index in [0.29, 0.717) is 22.3 Å². The highest BCUT2D eigenvalue weighted by Crippen LogP contribution is 2.66. The van der Waals surface area contributed by atoms with Gasteiger partial charge in [0.2, 0.25) is 11.1 Å². The summed E-state index contributed by atoms with van der Waals surface area (Å²) in [7, 11) is 0. The van der Waals surface area contributed by atoms with Gasteiger partial charge in [-0.3, -0.25) is 9.59 Å². The minimum Gasteiger partial charge on any atom is -0.326 e. The first-order valence-corrected chi connectivity index (χ1v) is 10.5. The van der Waals surface area contributed by atoms with E-state index in [1.807, 2.05) is 0 Å². The van der Waals surface area contributed by atoms with Gasteiger partial charge in [0.15, 0.2) is 5.78 Å². The molecule has 1 aromatic heterocycles. The summed E-state index contributed by atoms with van der Waals surface area (Å²) in [5.74, 6) is 0.539. The van der Waals surface area contributed by atoms with E-state index in [0.717, 1.165) is 24.2 Å². The molecule has 28 heavy (non-hydrogen) atoms. The van der Waals surface area contributed by atoms with Crippen LogP contribution in [0.3, 0.4) is 0 Å². The summed E-state index contributed by atoms with van der Waals surface area (Å²) in [6.07, 6.45) is 2.27. The van der Waals surface area contributed by atoms with Gasteiger partial charge in [-0.2, -0.15) is 5.10 Å². The van der Waals surface area contributed by atoms with Crippen molar-refractivity contribution in [1.29, 1.82) is 0 Å². The van der Waals surface area contributed by atoms with E-state index in [4.69, 9.17) is 4.98 Å². The molecule has 1 fully saturated rings. The number of carbonyl (C=O) groups excluding carboxylic acids is 2. The lowest BCUT2D eigenvalue weighted by Gasteiger charge is -2.33. The van der Waals surface area contributed by atoms with Crippen LogP contribution in [0.15, 0.2) is 29.4 Å². The zero-order valence-corrected chi connectivity index (χ0v) is 17.4. The van der Waals surface area contributed by atoms with Crippen molar-refractivity contribution in [2.24, 2.45) is 5.41 Å². The molecule has 0 saturated heterocycles. The average Bonchev–Trinajstić information content (AvgIpc) is 2.98. The van der Waals surface area contributed by atoms with Crippen LogP contribution < -0.4 is 5.32 Å². The van der Waals surface area contributed by atoms with Gasteiger partial charge in [0.05, 0.1) is 17.1 Å². The maximum absolute atomic E-state index is 12.5. The minimum atomic E-state index is -0.138. The Bertz CT molecular complexity index is 957. The number of aromatic nitrogens is 3. The van der Waals surface area contributed by atoms with Crippen molar-refractivity contribution in [1.82, 2.24) is 15.2 Å². The fourth-order valence-electron chi connectivity index (χ4n) is 4.58. The van der Waals surface area contributed by atoms with E-state index in [-0.39, 0.29) is 28.3 Å². The number of ketones is 1. The molecule has 0 spiro atoms. The predicted octanol–water partition coefficient (Wildman–Crippen LogP) is 3.98. The first-order valence-electron chi connectivity index (χ1n) is 9.51.